The van der Waals surface area contributed by atoms with Crippen LogP contribution in [0.4, 0.5) is 5.69 Å². The highest BCUT2D eigenvalue weighted by Gasteiger charge is 2.14. The number of nitrogens with zero attached hydrogens (tertiary/aromatic N) is 3. The number of hydrogen-bond donors (Lipinski definition) is 2. The molecule has 0 aliphatic rings. The lowest BCUT2D eigenvalue weighted by atomic mass is 10.4. The van der Waals surface area contributed by atoms with E-state index in [1.807, 2.05) is 0 Å². The van der Waals surface area contributed by atoms with Gasteiger partial charge in [0.05, 0.1) is 16.0 Å². The highest BCUT2D eigenvalue weighted by atomic mass is 35.5. The van der Waals surface area contributed by atoms with Crippen LogP contribution in [-0.4, -0.2) is 24.8 Å². The molecule has 9 heteroatoms. The van der Waals surface area contributed by atoms with Crippen LogP contribution >= 0.6 is 11.6 Å². The maximum absolute atomic E-state index is 11.0. The molecule has 0 aromatic carbocycles. The first-order valence-electron chi connectivity index (χ1n) is 4.30. The van der Waals surface area contributed by atoms with E-state index in [1.165, 1.54) is 0 Å². The molecule has 0 spiro atoms. The Bertz CT molecular complexity index is 647. The van der Waals surface area contributed by atoms with E-state index in [9.17, 15) is 20.0 Å². The third-order valence-electron chi connectivity index (χ3n) is 1.94. The zero-order chi connectivity index (χ0) is 12.6. The second kappa shape index (κ2) is 3.91. The minimum absolute atomic E-state index is 0.00290. The SMILES string of the molecule is O=c1cc(O)n(-c2ncc([N+](=O)[O-])cc2Cl)[nH]1. The van der Waals surface area contributed by atoms with Crippen LogP contribution in [0.25, 0.3) is 5.82 Å². The molecule has 0 atom stereocenters. The van der Waals surface area contributed by atoms with E-state index in [2.05, 4.69) is 10.1 Å². The number of aromatic nitrogens is 3. The van der Waals surface area contributed by atoms with Crippen LogP contribution in [0.2, 0.25) is 5.02 Å². The molecule has 0 aliphatic heterocycles. The van der Waals surface area contributed by atoms with E-state index in [4.69, 9.17) is 11.6 Å². The number of H-pyrrole nitrogens is 1. The van der Waals surface area contributed by atoms with E-state index in [0.29, 0.717) is 0 Å². The molecule has 88 valence electrons. The summed E-state index contributed by atoms with van der Waals surface area (Å²) in [7, 11) is 0. The van der Waals surface area contributed by atoms with Crippen molar-refractivity contribution in [2.24, 2.45) is 0 Å². The summed E-state index contributed by atoms with van der Waals surface area (Å²) >= 11 is 5.77. The Labute approximate surface area is 98.2 Å². The van der Waals surface area contributed by atoms with Crippen LogP contribution in [0.1, 0.15) is 0 Å². The lowest BCUT2D eigenvalue weighted by molar-refractivity contribution is -0.385. The molecular weight excluding hydrogens is 252 g/mol. The highest BCUT2D eigenvalue weighted by Crippen LogP contribution is 2.24. The fourth-order valence-electron chi connectivity index (χ4n) is 1.23. The summed E-state index contributed by atoms with van der Waals surface area (Å²) in [5.41, 5.74) is -0.827. The van der Waals surface area contributed by atoms with Crippen LogP contribution in [0, 0.1) is 10.1 Å². The van der Waals surface area contributed by atoms with Crippen LogP contribution in [0.3, 0.4) is 0 Å². The first-order valence-corrected chi connectivity index (χ1v) is 4.68. The second-order valence-electron chi connectivity index (χ2n) is 3.07. The normalized spacial score (nSPS) is 10.4. The van der Waals surface area contributed by atoms with E-state index < -0.39 is 16.4 Å². The monoisotopic (exact) mass is 256 g/mol. The smallest absolute Gasteiger partial charge is 0.289 e. The maximum Gasteiger partial charge on any atom is 0.289 e. The Hall–Kier alpha value is -2.35. The van der Waals surface area contributed by atoms with E-state index in [-0.39, 0.29) is 16.5 Å². The molecule has 2 rings (SSSR count). The van der Waals surface area contributed by atoms with E-state index in [1.54, 1.807) is 0 Å². The van der Waals surface area contributed by atoms with Crippen molar-refractivity contribution in [1.82, 2.24) is 14.8 Å². The van der Waals surface area contributed by atoms with Crippen molar-refractivity contribution in [3.63, 3.8) is 0 Å². The van der Waals surface area contributed by atoms with Crippen molar-refractivity contribution >= 4 is 17.3 Å². The molecule has 17 heavy (non-hydrogen) atoms. The van der Waals surface area contributed by atoms with Gasteiger partial charge >= 0.3 is 0 Å². The van der Waals surface area contributed by atoms with Crippen molar-refractivity contribution in [3.05, 3.63) is 43.8 Å². The summed E-state index contributed by atoms with van der Waals surface area (Å²) in [4.78, 5) is 24.5. The molecule has 0 amide bonds. The van der Waals surface area contributed by atoms with Crippen LogP contribution < -0.4 is 5.56 Å². The van der Waals surface area contributed by atoms with Gasteiger partial charge in [-0.05, 0) is 0 Å². The van der Waals surface area contributed by atoms with Gasteiger partial charge in [-0.1, -0.05) is 11.6 Å². The topological polar surface area (TPSA) is 114 Å². The van der Waals surface area contributed by atoms with Gasteiger partial charge in [-0.15, -0.1) is 0 Å². The minimum atomic E-state index is -0.652. The fraction of sp³-hybridized carbons (Fsp3) is 0. The molecular formula is C8H5ClN4O4. The van der Waals surface area contributed by atoms with Gasteiger partial charge in [0, 0.05) is 6.07 Å². The molecule has 8 nitrogen and oxygen atoms in total. The summed E-state index contributed by atoms with van der Waals surface area (Å²) in [6, 6.07) is 2.00. The average molecular weight is 257 g/mol. The van der Waals surface area contributed by atoms with Gasteiger partial charge in [0.2, 0.25) is 5.88 Å². The van der Waals surface area contributed by atoms with Gasteiger partial charge in [0.15, 0.2) is 5.82 Å². The Morgan fingerprint density at radius 1 is 1.53 bits per heavy atom. The molecule has 0 saturated heterocycles. The van der Waals surface area contributed by atoms with E-state index in [0.717, 1.165) is 23.0 Å². The van der Waals surface area contributed by atoms with Crippen molar-refractivity contribution in [2.75, 3.05) is 0 Å². The van der Waals surface area contributed by atoms with Crippen LogP contribution in [-0.2, 0) is 0 Å². The maximum atomic E-state index is 11.0. The third kappa shape index (κ3) is 1.97. The number of halogens is 1. The van der Waals surface area contributed by atoms with Gasteiger partial charge in [-0.25, -0.2) is 9.67 Å². The van der Waals surface area contributed by atoms with Crippen molar-refractivity contribution in [1.29, 1.82) is 0 Å². The summed E-state index contributed by atoms with van der Waals surface area (Å²) < 4.78 is 0.925. The number of nitrogens with one attached hydrogen (secondary N) is 1. The van der Waals surface area contributed by atoms with Crippen molar-refractivity contribution in [3.8, 4) is 11.7 Å². The lowest BCUT2D eigenvalue weighted by Gasteiger charge is -2.04. The molecule has 2 heterocycles. The number of aromatic amines is 1. The van der Waals surface area contributed by atoms with Crippen molar-refractivity contribution < 1.29 is 10.0 Å². The standard InChI is InChI=1S/C8H5ClN4O4/c9-5-1-4(13(16)17)3-10-8(5)12-7(15)2-6(14)11-12/h1-3,15H,(H,11,14). The third-order valence-corrected chi connectivity index (χ3v) is 2.22. The zero-order valence-corrected chi connectivity index (χ0v) is 8.88. The Morgan fingerprint density at radius 3 is 2.71 bits per heavy atom. The molecule has 0 unspecified atom stereocenters. The van der Waals surface area contributed by atoms with Crippen LogP contribution in [0.15, 0.2) is 23.1 Å². The van der Waals surface area contributed by atoms with Gasteiger partial charge in [-0.3, -0.25) is 20.0 Å². The summed E-state index contributed by atoms with van der Waals surface area (Å²) in [5, 5.41) is 22.0. The van der Waals surface area contributed by atoms with E-state index >= 15 is 0 Å². The predicted octanol–water partition coefficient (Wildman–Crippen LogP) is 0.828. The number of rotatable bonds is 2. The Balaban J connectivity index is 2.58. The summed E-state index contributed by atoms with van der Waals surface area (Å²) in [6.45, 7) is 0. The van der Waals surface area contributed by atoms with Gasteiger partial charge in [-0.2, -0.15) is 0 Å². The summed E-state index contributed by atoms with van der Waals surface area (Å²) in [5.74, 6) is -0.393. The Kier molecular flexibility index (Phi) is 2.56. The molecule has 0 aliphatic carbocycles. The average Bonchev–Trinajstić information content (AvgIpc) is 2.57. The first kappa shape index (κ1) is 11.1. The molecule has 0 radical (unpaired) electrons. The van der Waals surface area contributed by atoms with Gasteiger partial charge in [0.25, 0.3) is 11.2 Å². The zero-order valence-electron chi connectivity index (χ0n) is 8.12. The number of pyridine rings is 1. The highest BCUT2D eigenvalue weighted by molar-refractivity contribution is 6.32. The molecule has 2 N–H and O–H groups in total. The quantitative estimate of drug-likeness (QED) is 0.610. The largest absolute Gasteiger partial charge is 0.493 e. The van der Waals surface area contributed by atoms with Crippen LogP contribution in [0.5, 0.6) is 5.88 Å². The first-order chi connectivity index (χ1) is 7.99. The molecule has 0 saturated carbocycles. The lowest BCUT2D eigenvalue weighted by Crippen LogP contribution is -2.06. The summed E-state index contributed by atoms with van der Waals surface area (Å²) in [6.07, 6.45) is 0.971. The molecule has 2 aromatic rings. The minimum Gasteiger partial charge on any atom is -0.493 e. The number of aromatic hydroxyl groups is 1. The predicted molar refractivity (Wildman–Crippen MR) is 57.5 cm³/mol. The Morgan fingerprint density at radius 2 is 2.24 bits per heavy atom. The van der Waals surface area contributed by atoms with Gasteiger partial charge < -0.3 is 5.11 Å². The molecule has 0 fully saturated rings. The van der Waals surface area contributed by atoms with Crippen molar-refractivity contribution in [2.45, 2.75) is 0 Å². The fourth-order valence-corrected chi connectivity index (χ4v) is 1.47. The second-order valence-corrected chi connectivity index (χ2v) is 3.48. The number of nitro groups is 1. The number of hydrogen-bond acceptors (Lipinski definition) is 5. The van der Waals surface area contributed by atoms with Gasteiger partial charge in [0.1, 0.15) is 6.20 Å². The molecule has 0 bridgehead atoms. The molecule has 2 aromatic heterocycles.